The zero-order chi connectivity index (χ0) is 0. The van der Waals surface area contributed by atoms with Gasteiger partial charge in [-0.25, -0.2) is 0 Å². The standard InChI is InChI=1S/ClH.2K.H2O/h1H;;;1H2/q;2*+1;/p-2. The van der Waals surface area contributed by atoms with E-state index in [1.165, 1.54) is 0 Å². The van der Waals surface area contributed by atoms with Crippen LogP contribution in [0.15, 0.2) is 0 Å². The Hall–Kier alpha value is 3.52. The fraction of sp³-hybridized carbons (Fsp3) is 0. The monoisotopic (exact) mass is 130 g/mol. The average Bonchev–Trinajstić information content (AvgIpc) is 0. The van der Waals surface area contributed by atoms with Crippen LogP contribution in [0.2, 0.25) is 0 Å². The van der Waals surface area contributed by atoms with E-state index in [9.17, 15) is 0 Å². The molecule has 0 aliphatic heterocycles. The molecule has 0 rings (SSSR count). The number of halogens is 1. The van der Waals surface area contributed by atoms with Gasteiger partial charge in [-0.1, -0.05) is 0 Å². The van der Waals surface area contributed by atoms with E-state index in [-0.39, 0.29) is 121 Å². The molecule has 0 aromatic rings. The second-order valence-corrected chi connectivity index (χ2v) is 0. The summed E-state index contributed by atoms with van der Waals surface area (Å²) < 4.78 is 0. The number of hydrogen-bond donors (Lipinski definition) is 0. The van der Waals surface area contributed by atoms with Crippen molar-refractivity contribution >= 4 is 0 Å². The molecule has 0 aromatic heterocycles. The van der Waals surface area contributed by atoms with Gasteiger partial charge in [0.1, 0.15) is 0 Å². The number of rotatable bonds is 0. The van der Waals surface area contributed by atoms with Crippen LogP contribution in [0.3, 0.4) is 0 Å². The molecule has 0 saturated carbocycles. The Labute approximate surface area is 117 Å². The molecule has 16 valence electrons. The van der Waals surface area contributed by atoms with E-state index in [2.05, 4.69) is 0 Å². The Morgan fingerprint density at radius 1 is 0.750 bits per heavy atom. The van der Waals surface area contributed by atoms with Crippen molar-refractivity contribution in [3.05, 3.63) is 0 Å². The van der Waals surface area contributed by atoms with Crippen molar-refractivity contribution in [2.24, 2.45) is 0 Å². The Bertz CT molecular complexity index is 6.00. The van der Waals surface area contributed by atoms with E-state index in [0.717, 1.165) is 0 Å². The molecule has 0 atom stereocenters. The Balaban J connectivity index is 0. The first kappa shape index (κ1) is 25.8. The molecule has 0 amide bonds. The molecule has 0 aliphatic carbocycles. The van der Waals surface area contributed by atoms with E-state index in [0.29, 0.717) is 0 Å². The summed E-state index contributed by atoms with van der Waals surface area (Å²) in [5.74, 6) is 0. The van der Waals surface area contributed by atoms with Crippen LogP contribution in [0.1, 0.15) is 0 Å². The molecule has 0 heterocycles. The summed E-state index contributed by atoms with van der Waals surface area (Å²) in [4.78, 5) is 0. The predicted octanol–water partition coefficient (Wildman–Crippen LogP) is -9.16. The van der Waals surface area contributed by atoms with Crippen LogP contribution in [-0.4, -0.2) is 5.48 Å². The molecule has 4 heavy (non-hydrogen) atoms. The van der Waals surface area contributed by atoms with Crippen molar-refractivity contribution in [3.63, 3.8) is 0 Å². The molecular formula is HClK2O. The molecule has 0 aromatic carbocycles. The molecule has 1 N–H and O–H groups in total. The van der Waals surface area contributed by atoms with Gasteiger partial charge in [-0.15, -0.1) is 0 Å². The fourth-order valence-electron chi connectivity index (χ4n) is 0. The van der Waals surface area contributed by atoms with Crippen molar-refractivity contribution in [1.82, 2.24) is 0 Å². The van der Waals surface area contributed by atoms with Crippen LogP contribution in [-0.2, 0) is 0 Å². The second-order valence-electron chi connectivity index (χ2n) is 0. The van der Waals surface area contributed by atoms with Crippen molar-refractivity contribution in [1.29, 1.82) is 0 Å². The topological polar surface area (TPSA) is 30.0 Å². The van der Waals surface area contributed by atoms with Crippen molar-refractivity contribution in [2.45, 2.75) is 0 Å². The van der Waals surface area contributed by atoms with Gasteiger partial charge < -0.3 is 17.9 Å². The fourth-order valence-corrected chi connectivity index (χ4v) is 0. The molecule has 0 spiro atoms. The van der Waals surface area contributed by atoms with Crippen LogP contribution in [0.4, 0.5) is 0 Å². The first-order valence-electron chi connectivity index (χ1n) is 0. The third-order valence-corrected chi connectivity index (χ3v) is 0. The maximum atomic E-state index is 0. The van der Waals surface area contributed by atoms with Crippen molar-refractivity contribution in [3.8, 4) is 0 Å². The summed E-state index contributed by atoms with van der Waals surface area (Å²) in [6.07, 6.45) is 0. The minimum absolute atomic E-state index is 0. The molecule has 0 unspecified atom stereocenters. The molecule has 0 fully saturated rings. The van der Waals surface area contributed by atoms with Gasteiger partial charge in [-0.05, 0) is 0 Å². The number of hydrogen-bond acceptors (Lipinski definition) is 1. The quantitative estimate of drug-likeness (QED) is 0.300. The zero-order valence-corrected chi connectivity index (χ0v) is 9.83. The third-order valence-electron chi connectivity index (χ3n) is 0. The van der Waals surface area contributed by atoms with Gasteiger partial charge in [0.25, 0.3) is 0 Å². The van der Waals surface area contributed by atoms with Crippen LogP contribution in [0.25, 0.3) is 0 Å². The molecule has 0 aliphatic rings. The normalized spacial score (nSPS) is 0. The zero-order valence-electron chi connectivity index (χ0n) is 2.83. The van der Waals surface area contributed by atoms with Crippen molar-refractivity contribution < 1.29 is 121 Å². The van der Waals surface area contributed by atoms with E-state index >= 15 is 0 Å². The van der Waals surface area contributed by atoms with Gasteiger partial charge in [0.2, 0.25) is 0 Å². The Kier molecular flexibility index (Phi) is 103. The predicted molar refractivity (Wildman–Crippen MR) is 1.94 cm³/mol. The maximum absolute atomic E-state index is 0. The summed E-state index contributed by atoms with van der Waals surface area (Å²) in [5, 5.41) is 0. The van der Waals surface area contributed by atoms with Gasteiger partial charge in [0.05, 0.1) is 0 Å². The largest absolute Gasteiger partial charge is 1.00 e. The van der Waals surface area contributed by atoms with Gasteiger partial charge in [0, 0.05) is 0 Å². The van der Waals surface area contributed by atoms with Crippen molar-refractivity contribution in [2.75, 3.05) is 0 Å². The van der Waals surface area contributed by atoms with Gasteiger partial charge >= 0.3 is 103 Å². The summed E-state index contributed by atoms with van der Waals surface area (Å²) in [6.45, 7) is 0. The summed E-state index contributed by atoms with van der Waals surface area (Å²) >= 11 is 0. The molecular weight excluding hydrogens is 130 g/mol. The summed E-state index contributed by atoms with van der Waals surface area (Å²) in [5.41, 5.74) is 0. The average molecular weight is 131 g/mol. The summed E-state index contributed by atoms with van der Waals surface area (Å²) in [7, 11) is 0. The first-order chi connectivity index (χ1) is 0. The smallest absolute Gasteiger partial charge is 1.00 e. The van der Waals surface area contributed by atoms with E-state index in [4.69, 9.17) is 0 Å². The Morgan fingerprint density at radius 3 is 0.750 bits per heavy atom. The second kappa shape index (κ2) is 16.0. The van der Waals surface area contributed by atoms with Crippen LogP contribution in [0, 0.1) is 0 Å². The minimum atomic E-state index is 0. The third kappa shape index (κ3) is 9.10. The molecule has 4 heteroatoms. The van der Waals surface area contributed by atoms with Crippen LogP contribution >= 0.6 is 0 Å². The van der Waals surface area contributed by atoms with Gasteiger partial charge in [0.15, 0.2) is 0 Å². The summed E-state index contributed by atoms with van der Waals surface area (Å²) in [6, 6.07) is 0. The Morgan fingerprint density at radius 2 is 0.750 bits per heavy atom. The molecule has 1 nitrogen and oxygen atoms in total. The minimum Gasteiger partial charge on any atom is -1.00 e. The van der Waals surface area contributed by atoms with Crippen LogP contribution < -0.4 is 115 Å². The van der Waals surface area contributed by atoms with E-state index in [1.54, 1.807) is 0 Å². The molecule has 0 saturated heterocycles. The first-order valence-corrected chi connectivity index (χ1v) is 0. The van der Waals surface area contributed by atoms with E-state index in [1.807, 2.05) is 0 Å². The molecule has 0 bridgehead atoms. The van der Waals surface area contributed by atoms with Crippen LogP contribution in [0.5, 0.6) is 0 Å². The van der Waals surface area contributed by atoms with E-state index < -0.39 is 0 Å². The van der Waals surface area contributed by atoms with Gasteiger partial charge in [-0.3, -0.25) is 0 Å². The molecule has 0 radical (unpaired) electrons. The van der Waals surface area contributed by atoms with Gasteiger partial charge in [-0.2, -0.15) is 0 Å². The SMILES string of the molecule is [Cl-].[K+].[K+].[OH-]. The maximum Gasteiger partial charge on any atom is 1.00 e.